The normalized spacial score (nSPS) is 14.9. The Kier molecular flexibility index (Phi) is 9.00. The number of carbonyl (C=O) groups excluding carboxylic acids is 1. The topological polar surface area (TPSA) is 94.4 Å². The van der Waals surface area contributed by atoms with Crippen molar-refractivity contribution < 1.29 is 18.7 Å². The largest absolute Gasteiger partial charge is 0.487 e. The highest BCUT2D eigenvalue weighted by atomic mass is 35.5. The predicted octanol–water partition coefficient (Wildman–Crippen LogP) is 8.81. The molecule has 0 saturated carbocycles. The predicted molar refractivity (Wildman–Crippen MR) is 187 cm³/mol. The van der Waals surface area contributed by atoms with Gasteiger partial charge in [0.25, 0.3) is 0 Å². The minimum atomic E-state index is -0.476. The molecule has 48 heavy (non-hydrogen) atoms. The molecule has 1 saturated heterocycles. The summed E-state index contributed by atoms with van der Waals surface area (Å²) in [4.78, 5) is 25.6. The summed E-state index contributed by atoms with van der Waals surface area (Å²) < 4.78 is 27.0. The monoisotopic (exact) mass is 688 g/mol. The molecule has 2 aromatic carbocycles. The number of nitrogens with one attached hydrogen (secondary N) is 1. The number of piperidine rings is 1. The first kappa shape index (κ1) is 32.3. The fourth-order valence-electron chi connectivity index (χ4n) is 6.40. The van der Waals surface area contributed by atoms with Crippen LogP contribution in [0.3, 0.4) is 0 Å². The molecule has 0 bridgehead atoms. The van der Waals surface area contributed by atoms with Gasteiger partial charge in [-0.2, -0.15) is 5.10 Å². The average Bonchev–Trinajstić information content (AvgIpc) is 3.65. The van der Waals surface area contributed by atoms with E-state index in [1.165, 1.54) is 28.1 Å². The molecular weight excluding hydrogens is 651 g/mol. The SMILES string of the molecule is CC(C)(C)OC(=O)N1CCC(CCn2cc3c(n2)CCc2c-3sc3ncnc(Nc4ccc(OCc5cccc(F)c5)c(Cl)c4)c23)CC1. The first-order valence-corrected chi connectivity index (χ1v) is 17.5. The molecule has 1 N–H and O–H groups in total. The summed E-state index contributed by atoms with van der Waals surface area (Å²) in [7, 11) is 0. The third-order valence-corrected chi connectivity index (χ3v) is 10.3. The zero-order valence-electron chi connectivity index (χ0n) is 27.3. The lowest BCUT2D eigenvalue weighted by molar-refractivity contribution is 0.0179. The molecule has 0 atom stereocenters. The molecule has 1 fully saturated rings. The molecule has 3 aromatic heterocycles. The second-order valence-electron chi connectivity index (χ2n) is 13.5. The number of hydrogen-bond donors (Lipinski definition) is 1. The Labute approximate surface area is 288 Å². The summed E-state index contributed by atoms with van der Waals surface area (Å²) in [6, 6.07) is 11.8. The fraction of sp³-hybridized carbons (Fsp3) is 0.389. The number of likely N-dealkylation sites (tertiary alicyclic amines) is 1. The average molecular weight is 689 g/mol. The van der Waals surface area contributed by atoms with Gasteiger partial charge in [-0.3, -0.25) is 4.68 Å². The van der Waals surface area contributed by atoms with Gasteiger partial charge in [0.15, 0.2) is 0 Å². The maximum absolute atomic E-state index is 13.5. The molecule has 1 aliphatic carbocycles. The maximum Gasteiger partial charge on any atom is 0.410 e. The number of benzene rings is 2. The Bertz CT molecular complexity index is 1960. The highest BCUT2D eigenvalue weighted by Crippen LogP contribution is 2.45. The number of hydrogen-bond acceptors (Lipinski definition) is 8. The van der Waals surface area contributed by atoms with Gasteiger partial charge >= 0.3 is 6.09 Å². The van der Waals surface area contributed by atoms with Gasteiger partial charge in [-0.1, -0.05) is 23.7 Å². The molecular formula is C36H38ClFN6O3S. The summed E-state index contributed by atoms with van der Waals surface area (Å²) in [5.74, 6) is 1.50. The number of anilines is 2. The van der Waals surface area contributed by atoms with Crippen molar-refractivity contribution in [3.05, 3.63) is 82.6 Å². The fourth-order valence-corrected chi connectivity index (χ4v) is 7.86. The number of fused-ring (bicyclic) bond motifs is 5. The van der Waals surface area contributed by atoms with Crippen molar-refractivity contribution in [1.82, 2.24) is 24.6 Å². The van der Waals surface area contributed by atoms with Crippen molar-refractivity contribution >= 4 is 50.8 Å². The molecule has 0 spiro atoms. The van der Waals surface area contributed by atoms with Gasteiger partial charge < -0.3 is 19.7 Å². The van der Waals surface area contributed by atoms with E-state index in [-0.39, 0.29) is 18.5 Å². The van der Waals surface area contributed by atoms with Crippen molar-refractivity contribution in [2.24, 2.45) is 5.92 Å². The minimum Gasteiger partial charge on any atom is -0.487 e. The van der Waals surface area contributed by atoms with E-state index in [0.717, 1.165) is 84.7 Å². The smallest absolute Gasteiger partial charge is 0.410 e. The molecule has 2 aliphatic rings. The van der Waals surface area contributed by atoms with Crippen molar-refractivity contribution in [2.75, 3.05) is 18.4 Å². The standard InChI is InChI=1S/C36H38ClFN6O3S/c1-36(2,3)47-35(45)43-14-11-22(12-15-43)13-16-44-19-27-29(42-44)9-8-26-31-33(39-21-40-34(31)48-32(26)27)41-25-7-10-30(28(37)18-25)46-20-23-5-4-6-24(38)17-23/h4-7,10,17-19,21-22H,8-9,11-16,20H2,1-3H3,(H,39,40,41). The lowest BCUT2D eigenvalue weighted by atomic mass is 9.94. The molecule has 5 aromatic rings. The first-order valence-electron chi connectivity index (χ1n) is 16.3. The zero-order chi connectivity index (χ0) is 33.4. The molecule has 0 radical (unpaired) electrons. The summed E-state index contributed by atoms with van der Waals surface area (Å²) >= 11 is 8.26. The van der Waals surface area contributed by atoms with Crippen molar-refractivity contribution in [2.45, 2.75) is 71.6 Å². The third-order valence-electron chi connectivity index (χ3n) is 8.79. The van der Waals surface area contributed by atoms with Crippen LogP contribution in [0, 0.1) is 11.7 Å². The van der Waals surface area contributed by atoms with Gasteiger partial charge in [0, 0.05) is 42.0 Å². The van der Waals surface area contributed by atoms with E-state index >= 15 is 0 Å². The molecule has 1 amide bonds. The van der Waals surface area contributed by atoms with Gasteiger partial charge in [0.05, 0.1) is 16.1 Å². The number of rotatable bonds is 8. The van der Waals surface area contributed by atoms with E-state index < -0.39 is 5.60 Å². The summed E-state index contributed by atoms with van der Waals surface area (Å²) in [6.45, 7) is 8.24. The van der Waals surface area contributed by atoms with Crippen LogP contribution < -0.4 is 10.1 Å². The first-order chi connectivity index (χ1) is 23.1. The Morgan fingerprint density at radius 2 is 1.96 bits per heavy atom. The number of amides is 1. The van der Waals surface area contributed by atoms with Crippen LogP contribution in [0.4, 0.5) is 20.7 Å². The Balaban J connectivity index is 1.01. The second-order valence-corrected chi connectivity index (χ2v) is 14.9. The second kappa shape index (κ2) is 13.4. The molecule has 4 heterocycles. The van der Waals surface area contributed by atoms with Crippen LogP contribution in [0.1, 0.15) is 56.9 Å². The highest BCUT2D eigenvalue weighted by molar-refractivity contribution is 7.22. The number of nitrogens with zero attached hydrogens (tertiary/aromatic N) is 5. The summed E-state index contributed by atoms with van der Waals surface area (Å²) in [6.07, 6.45) is 8.25. The van der Waals surface area contributed by atoms with E-state index in [1.807, 2.05) is 37.8 Å². The van der Waals surface area contributed by atoms with E-state index in [1.54, 1.807) is 35.9 Å². The maximum atomic E-state index is 13.5. The van der Waals surface area contributed by atoms with Crippen LogP contribution in [0.5, 0.6) is 5.75 Å². The highest BCUT2D eigenvalue weighted by Gasteiger charge is 2.29. The van der Waals surface area contributed by atoms with Crippen LogP contribution in [0.25, 0.3) is 20.7 Å². The van der Waals surface area contributed by atoms with E-state index in [4.69, 9.17) is 26.2 Å². The van der Waals surface area contributed by atoms with Gasteiger partial charge in [0.2, 0.25) is 0 Å². The van der Waals surface area contributed by atoms with Crippen molar-refractivity contribution in [3.63, 3.8) is 0 Å². The lowest BCUT2D eigenvalue weighted by Crippen LogP contribution is -2.41. The van der Waals surface area contributed by atoms with Crippen LogP contribution in [-0.4, -0.2) is 49.4 Å². The van der Waals surface area contributed by atoms with Crippen LogP contribution in [-0.2, 0) is 30.7 Å². The number of halogens is 2. The van der Waals surface area contributed by atoms with Gasteiger partial charge in [-0.05, 0) is 100 Å². The molecule has 250 valence electrons. The number of carbonyl (C=O) groups is 1. The number of aromatic nitrogens is 4. The van der Waals surface area contributed by atoms with Gasteiger partial charge in [0.1, 0.15) is 40.8 Å². The molecule has 9 nitrogen and oxygen atoms in total. The molecule has 0 unspecified atom stereocenters. The Morgan fingerprint density at radius 1 is 1.12 bits per heavy atom. The summed E-state index contributed by atoms with van der Waals surface area (Å²) in [5, 5.41) is 9.90. The van der Waals surface area contributed by atoms with E-state index in [0.29, 0.717) is 16.7 Å². The minimum absolute atomic E-state index is 0.214. The van der Waals surface area contributed by atoms with Crippen molar-refractivity contribution in [1.29, 1.82) is 0 Å². The van der Waals surface area contributed by atoms with Gasteiger partial charge in [-0.25, -0.2) is 19.2 Å². The molecule has 12 heteroatoms. The Morgan fingerprint density at radius 3 is 2.73 bits per heavy atom. The quantitative estimate of drug-likeness (QED) is 0.174. The zero-order valence-corrected chi connectivity index (χ0v) is 28.8. The van der Waals surface area contributed by atoms with E-state index in [2.05, 4.69) is 26.2 Å². The van der Waals surface area contributed by atoms with Gasteiger partial charge in [-0.15, -0.1) is 11.3 Å². The number of ether oxygens (including phenoxy) is 2. The number of aryl methyl sites for hydroxylation is 3. The van der Waals surface area contributed by atoms with Crippen LogP contribution >= 0.6 is 22.9 Å². The van der Waals surface area contributed by atoms with Crippen LogP contribution in [0.15, 0.2) is 55.0 Å². The lowest BCUT2D eigenvalue weighted by Gasteiger charge is -2.33. The van der Waals surface area contributed by atoms with Crippen molar-refractivity contribution in [3.8, 4) is 16.2 Å². The molecule has 7 rings (SSSR count). The number of thiophene rings is 1. The van der Waals surface area contributed by atoms with Crippen LogP contribution in [0.2, 0.25) is 5.02 Å². The molecule has 1 aliphatic heterocycles. The third kappa shape index (κ3) is 7.12. The van der Waals surface area contributed by atoms with E-state index in [9.17, 15) is 9.18 Å². The summed E-state index contributed by atoms with van der Waals surface area (Å²) in [5.41, 5.74) is 4.56. The Hall–Kier alpha value is -4.22.